The Morgan fingerprint density at radius 1 is 1.57 bits per heavy atom. The van der Waals surface area contributed by atoms with Gasteiger partial charge in [-0.05, 0) is 32.2 Å². The number of H-pyrrole nitrogens is 1. The van der Waals surface area contributed by atoms with E-state index in [4.69, 9.17) is 0 Å². The Kier molecular flexibility index (Phi) is 2.87. The number of hydrogen-bond acceptors (Lipinski definition) is 2. The van der Waals surface area contributed by atoms with E-state index < -0.39 is 0 Å². The fourth-order valence-corrected chi connectivity index (χ4v) is 2.32. The molecule has 0 radical (unpaired) electrons. The summed E-state index contributed by atoms with van der Waals surface area (Å²) >= 11 is 0. The lowest BCUT2D eigenvalue weighted by molar-refractivity contribution is 0.587. The van der Waals surface area contributed by atoms with Crippen LogP contribution in [0.15, 0.2) is 6.20 Å². The number of nitrogens with zero attached hydrogens (tertiary/aromatic N) is 1. The fourth-order valence-electron chi connectivity index (χ4n) is 2.32. The van der Waals surface area contributed by atoms with Crippen LogP contribution in [-0.4, -0.2) is 17.0 Å². The van der Waals surface area contributed by atoms with Crippen LogP contribution in [0.2, 0.25) is 0 Å². The van der Waals surface area contributed by atoms with Gasteiger partial charge in [0.25, 0.3) is 0 Å². The normalized spacial score (nSPS) is 27.0. The van der Waals surface area contributed by atoms with E-state index in [2.05, 4.69) is 22.2 Å². The van der Waals surface area contributed by atoms with E-state index in [1.165, 1.54) is 30.8 Å². The number of rotatable bonds is 3. The van der Waals surface area contributed by atoms with Crippen molar-refractivity contribution >= 4 is 0 Å². The molecule has 1 aromatic rings. The second kappa shape index (κ2) is 4.13. The molecular weight excluding hydrogens is 174 g/mol. The highest BCUT2D eigenvalue weighted by molar-refractivity contribution is 5.07. The van der Waals surface area contributed by atoms with Crippen molar-refractivity contribution in [2.24, 2.45) is 5.92 Å². The third-order valence-corrected chi connectivity index (χ3v) is 3.10. The average molecular weight is 193 g/mol. The fraction of sp³-hybridized carbons (Fsp3) is 0.727. The molecule has 0 spiro atoms. The second-order valence-electron chi connectivity index (χ2n) is 4.44. The molecule has 0 bridgehead atoms. The average Bonchev–Trinajstić information content (AvgIpc) is 2.74. The molecule has 1 fully saturated rings. The first kappa shape index (κ1) is 9.71. The first-order valence-corrected chi connectivity index (χ1v) is 5.48. The van der Waals surface area contributed by atoms with Gasteiger partial charge in [0.1, 0.15) is 5.82 Å². The van der Waals surface area contributed by atoms with Crippen molar-refractivity contribution in [3.05, 3.63) is 17.7 Å². The summed E-state index contributed by atoms with van der Waals surface area (Å²) in [5.74, 6) is 2.74. The van der Waals surface area contributed by atoms with Gasteiger partial charge in [0, 0.05) is 24.4 Å². The zero-order valence-electron chi connectivity index (χ0n) is 9.01. The minimum atomic E-state index is 0.676. The van der Waals surface area contributed by atoms with Gasteiger partial charge in [-0.15, -0.1) is 0 Å². The summed E-state index contributed by atoms with van der Waals surface area (Å²) in [4.78, 5) is 7.86. The molecule has 1 aromatic heterocycles. The van der Waals surface area contributed by atoms with Crippen LogP contribution in [0.3, 0.4) is 0 Å². The van der Waals surface area contributed by atoms with Crippen molar-refractivity contribution in [2.75, 3.05) is 7.05 Å². The molecule has 2 N–H and O–H groups in total. The van der Waals surface area contributed by atoms with E-state index in [0.717, 1.165) is 12.5 Å². The standard InChI is InChI=1S/C11H19N3/c1-8-3-4-9(5-8)11-13-7-10(14-11)6-12-2/h7-9,12H,3-6H2,1-2H3,(H,13,14). The first-order chi connectivity index (χ1) is 6.79. The maximum atomic E-state index is 4.46. The lowest BCUT2D eigenvalue weighted by Gasteiger charge is -2.04. The summed E-state index contributed by atoms with van der Waals surface area (Å²) in [5.41, 5.74) is 1.20. The predicted octanol–water partition coefficient (Wildman–Crippen LogP) is 2.03. The van der Waals surface area contributed by atoms with Gasteiger partial charge in [0.15, 0.2) is 0 Å². The molecule has 1 aliphatic rings. The maximum absolute atomic E-state index is 4.46. The number of aromatic amines is 1. The molecule has 3 heteroatoms. The quantitative estimate of drug-likeness (QED) is 0.771. The molecule has 1 aliphatic carbocycles. The number of aromatic nitrogens is 2. The van der Waals surface area contributed by atoms with E-state index >= 15 is 0 Å². The highest BCUT2D eigenvalue weighted by atomic mass is 15.0. The molecule has 0 amide bonds. The van der Waals surface area contributed by atoms with E-state index in [1.54, 1.807) is 0 Å². The number of nitrogens with one attached hydrogen (secondary N) is 2. The van der Waals surface area contributed by atoms with Gasteiger partial charge in [-0.1, -0.05) is 6.92 Å². The van der Waals surface area contributed by atoms with Crippen molar-refractivity contribution in [1.29, 1.82) is 0 Å². The zero-order valence-corrected chi connectivity index (χ0v) is 9.01. The lowest BCUT2D eigenvalue weighted by atomic mass is 10.1. The molecule has 0 aliphatic heterocycles. The van der Waals surface area contributed by atoms with Crippen LogP contribution >= 0.6 is 0 Å². The van der Waals surface area contributed by atoms with Gasteiger partial charge in [-0.25, -0.2) is 4.98 Å². The van der Waals surface area contributed by atoms with Crippen LogP contribution in [0.25, 0.3) is 0 Å². The highest BCUT2D eigenvalue weighted by Crippen LogP contribution is 2.36. The van der Waals surface area contributed by atoms with Crippen LogP contribution in [0.1, 0.15) is 43.6 Å². The smallest absolute Gasteiger partial charge is 0.109 e. The summed E-state index contributed by atoms with van der Waals surface area (Å²) in [6, 6.07) is 0. The topological polar surface area (TPSA) is 40.7 Å². The minimum Gasteiger partial charge on any atom is -0.345 e. The monoisotopic (exact) mass is 193 g/mol. The summed E-state index contributed by atoms with van der Waals surface area (Å²) in [5, 5.41) is 3.13. The van der Waals surface area contributed by atoms with E-state index in [0.29, 0.717) is 5.92 Å². The van der Waals surface area contributed by atoms with Crippen LogP contribution < -0.4 is 5.32 Å². The Labute approximate surface area is 85.3 Å². The number of hydrogen-bond donors (Lipinski definition) is 2. The van der Waals surface area contributed by atoms with Gasteiger partial charge in [-0.2, -0.15) is 0 Å². The van der Waals surface area contributed by atoms with Gasteiger partial charge < -0.3 is 10.3 Å². The Morgan fingerprint density at radius 3 is 3.07 bits per heavy atom. The third kappa shape index (κ3) is 1.98. The van der Waals surface area contributed by atoms with Crippen LogP contribution in [0.5, 0.6) is 0 Å². The maximum Gasteiger partial charge on any atom is 0.109 e. The first-order valence-electron chi connectivity index (χ1n) is 5.48. The molecule has 3 nitrogen and oxygen atoms in total. The third-order valence-electron chi connectivity index (χ3n) is 3.10. The van der Waals surface area contributed by atoms with Gasteiger partial charge >= 0.3 is 0 Å². The van der Waals surface area contributed by atoms with Crippen molar-refractivity contribution in [3.8, 4) is 0 Å². The molecule has 2 unspecified atom stereocenters. The summed E-state index contributed by atoms with van der Waals surface area (Å²) in [7, 11) is 1.96. The Balaban J connectivity index is 2.02. The Morgan fingerprint density at radius 2 is 2.43 bits per heavy atom. The van der Waals surface area contributed by atoms with E-state index in [-0.39, 0.29) is 0 Å². The molecule has 78 valence electrons. The van der Waals surface area contributed by atoms with Crippen LogP contribution in [0, 0.1) is 5.92 Å². The molecule has 2 rings (SSSR count). The van der Waals surface area contributed by atoms with Gasteiger partial charge in [0.2, 0.25) is 0 Å². The Bertz CT molecular complexity index is 292. The predicted molar refractivity (Wildman–Crippen MR) is 57.1 cm³/mol. The number of imidazole rings is 1. The summed E-state index contributed by atoms with van der Waals surface area (Å²) in [6.07, 6.45) is 5.90. The van der Waals surface area contributed by atoms with Gasteiger partial charge in [-0.3, -0.25) is 0 Å². The van der Waals surface area contributed by atoms with Crippen LogP contribution in [-0.2, 0) is 6.54 Å². The summed E-state index contributed by atoms with van der Waals surface area (Å²) < 4.78 is 0. The van der Waals surface area contributed by atoms with Crippen LogP contribution in [0.4, 0.5) is 0 Å². The molecular formula is C11H19N3. The lowest BCUT2D eigenvalue weighted by Crippen LogP contribution is -2.05. The minimum absolute atomic E-state index is 0.676. The molecule has 2 atom stereocenters. The molecule has 0 aromatic carbocycles. The van der Waals surface area contributed by atoms with Crippen molar-refractivity contribution in [3.63, 3.8) is 0 Å². The molecule has 0 saturated heterocycles. The van der Waals surface area contributed by atoms with E-state index in [9.17, 15) is 0 Å². The second-order valence-corrected chi connectivity index (χ2v) is 4.44. The van der Waals surface area contributed by atoms with Gasteiger partial charge in [0.05, 0.1) is 0 Å². The Hall–Kier alpha value is -0.830. The van der Waals surface area contributed by atoms with Crippen molar-refractivity contribution in [1.82, 2.24) is 15.3 Å². The molecule has 1 heterocycles. The molecule has 14 heavy (non-hydrogen) atoms. The summed E-state index contributed by atoms with van der Waals surface area (Å²) in [6.45, 7) is 3.22. The molecule has 1 saturated carbocycles. The van der Waals surface area contributed by atoms with Crippen molar-refractivity contribution < 1.29 is 0 Å². The highest BCUT2D eigenvalue weighted by Gasteiger charge is 2.24. The SMILES string of the molecule is CNCc1cnc(C2CCC(C)C2)[nH]1. The zero-order chi connectivity index (χ0) is 9.97. The largest absolute Gasteiger partial charge is 0.345 e. The van der Waals surface area contributed by atoms with E-state index in [1.807, 2.05) is 13.2 Å². The van der Waals surface area contributed by atoms with Crippen molar-refractivity contribution in [2.45, 2.75) is 38.6 Å².